The van der Waals surface area contributed by atoms with Gasteiger partial charge >= 0.3 is 0 Å². The molecule has 2 aromatic carbocycles. The molecule has 1 aliphatic rings. The molecule has 1 N–H and O–H groups in total. The minimum absolute atomic E-state index is 0.00536. The van der Waals surface area contributed by atoms with Gasteiger partial charge in [0.2, 0.25) is 5.91 Å². The summed E-state index contributed by atoms with van der Waals surface area (Å²) >= 11 is 0. The molecule has 0 unspecified atom stereocenters. The van der Waals surface area contributed by atoms with Crippen LogP contribution in [0.15, 0.2) is 61.2 Å². The minimum Gasteiger partial charge on any atom is -0.351 e. The average molecular weight is 350 g/mol. The first-order valence-corrected chi connectivity index (χ1v) is 8.60. The molecule has 1 aliphatic carbocycles. The van der Waals surface area contributed by atoms with Crippen LogP contribution in [-0.2, 0) is 23.3 Å². The van der Waals surface area contributed by atoms with Gasteiger partial charge in [0.1, 0.15) is 18.5 Å². The Kier molecular flexibility index (Phi) is 4.24. The molecular weight excluding hydrogens is 331 g/mol. The van der Waals surface area contributed by atoms with Crippen LogP contribution in [-0.4, -0.2) is 20.7 Å². The van der Waals surface area contributed by atoms with E-state index >= 15 is 0 Å². The van der Waals surface area contributed by atoms with Crippen LogP contribution in [0.3, 0.4) is 0 Å². The molecule has 5 nitrogen and oxygen atoms in total. The van der Waals surface area contributed by atoms with Crippen LogP contribution in [0.5, 0.6) is 0 Å². The van der Waals surface area contributed by atoms with Gasteiger partial charge in [0.25, 0.3) is 0 Å². The van der Waals surface area contributed by atoms with Crippen LogP contribution in [0.4, 0.5) is 4.39 Å². The number of carbonyl (C=O) groups is 1. The van der Waals surface area contributed by atoms with Gasteiger partial charge in [-0.3, -0.25) is 4.79 Å². The van der Waals surface area contributed by atoms with Crippen molar-refractivity contribution in [1.29, 1.82) is 0 Å². The van der Waals surface area contributed by atoms with Crippen molar-refractivity contribution in [2.75, 3.05) is 0 Å². The maximum absolute atomic E-state index is 13.1. The van der Waals surface area contributed by atoms with Crippen molar-refractivity contribution in [2.45, 2.75) is 31.3 Å². The number of amides is 1. The molecule has 132 valence electrons. The molecule has 1 saturated carbocycles. The number of nitrogens with one attached hydrogen (secondary N) is 1. The van der Waals surface area contributed by atoms with E-state index in [2.05, 4.69) is 21.5 Å². The highest BCUT2D eigenvalue weighted by Gasteiger charge is 2.51. The van der Waals surface area contributed by atoms with E-state index in [0.717, 1.165) is 29.5 Å². The van der Waals surface area contributed by atoms with Gasteiger partial charge in [-0.15, -0.1) is 0 Å². The Morgan fingerprint density at radius 3 is 2.62 bits per heavy atom. The Labute approximate surface area is 150 Å². The molecular formula is C20H19FN4O. The number of hydrogen-bond donors (Lipinski definition) is 1. The van der Waals surface area contributed by atoms with E-state index in [0.29, 0.717) is 13.1 Å². The highest BCUT2D eigenvalue weighted by Crippen LogP contribution is 2.48. The van der Waals surface area contributed by atoms with Crippen LogP contribution in [0.1, 0.15) is 29.5 Å². The van der Waals surface area contributed by atoms with Gasteiger partial charge in [-0.25, -0.2) is 14.1 Å². The second-order valence-corrected chi connectivity index (χ2v) is 6.68. The Hall–Kier alpha value is -3.02. The minimum atomic E-state index is -0.494. The number of nitrogens with zero attached hydrogens (tertiary/aromatic N) is 3. The number of rotatable bonds is 6. The third kappa shape index (κ3) is 3.35. The van der Waals surface area contributed by atoms with Gasteiger partial charge in [-0.1, -0.05) is 36.4 Å². The molecule has 0 radical (unpaired) electrons. The first-order chi connectivity index (χ1) is 12.7. The Bertz CT molecular complexity index is 902. The van der Waals surface area contributed by atoms with Crippen molar-refractivity contribution < 1.29 is 9.18 Å². The quantitative estimate of drug-likeness (QED) is 0.744. The zero-order chi connectivity index (χ0) is 18.0. The topological polar surface area (TPSA) is 59.8 Å². The summed E-state index contributed by atoms with van der Waals surface area (Å²) in [6.07, 6.45) is 4.79. The molecule has 1 fully saturated rings. The fourth-order valence-corrected chi connectivity index (χ4v) is 3.23. The number of halogens is 1. The summed E-state index contributed by atoms with van der Waals surface area (Å²) in [4.78, 5) is 16.6. The van der Waals surface area contributed by atoms with Crippen molar-refractivity contribution in [1.82, 2.24) is 20.1 Å². The number of aromatic nitrogens is 3. The molecule has 6 heteroatoms. The normalized spacial score (nSPS) is 14.8. The molecule has 4 rings (SSSR count). The van der Waals surface area contributed by atoms with E-state index in [9.17, 15) is 9.18 Å². The van der Waals surface area contributed by atoms with E-state index in [1.165, 1.54) is 18.5 Å². The molecule has 0 spiro atoms. The fourth-order valence-electron chi connectivity index (χ4n) is 3.23. The van der Waals surface area contributed by atoms with Crippen molar-refractivity contribution in [3.05, 3.63) is 83.7 Å². The lowest BCUT2D eigenvalue weighted by molar-refractivity contribution is -0.123. The predicted octanol–water partition coefficient (Wildman–Crippen LogP) is 2.81. The van der Waals surface area contributed by atoms with Crippen LogP contribution < -0.4 is 5.32 Å². The van der Waals surface area contributed by atoms with Crippen LogP contribution in [0, 0.1) is 5.82 Å². The summed E-state index contributed by atoms with van der Waals surface area (Å²) in [7, 11) is 0. The second kappa shape index (κ2) is 6.71. The summed E-state index contributed by atoms with van der Waals surface area (Å²) < 4.78 is 14.9. The van der Waals surface area contributed by atoms with Gasteiger partial charge < -0.3 is 5.32 Å². The Balaban J connectivity index is 1.41. The first kappa shape index (κ1) is 16.4. The van der Waals surface area contributed by atoms with Crippen LogP contribution >= 0.6 is 0 Å². The van der Waals surface area contributed by atoms with Crippen LogP contribution in [0.2, 0.25) is 0 Å². The van der Waals surface area contributed by atoms with Gasteiger partial charge in [-0.05, 0) is 41.7 Å². The molecule has 3 aromatic rings. The summed E-state index contributed by atoms with van der Waals surface area (Å²) in [6, 6.07) is 14.3. The van der Waals surface area contributed by atoms with Crippen molar-refractivity contribution >= 4 is 5.91 Å². The summed E-state index contributed by atoms with van der Waals surface area (Å²) in [5.41, 5.74) is 2.52. The molecule has 26 heavy (non-hydrogen) atoms. The van der Waals surface area contributed by atoms with Crippen molar-refractivity contribution in [3.63, 3.8) is 0 Å². The first-order valence-electron chi connectivity index (χ1n) is 8.60. The number of carbonyl (C=O) groups excluding carboxylic acids is 1. The van der Waals surface area contributed by atoms with Gasteiger partial charge in [0, 0.05) is 6.54 Å². The lowest BCUT2D eigenvalue weighted by Gasteiger charge is -2.16. The van der Waals surface area contributed by atoms with Crippen molar-refractivity contribution in [3.8, 4) is 0 Å². The van der Waals surface area contributed by atoms with Gasteiger partial charge in [0.15, 0.2) is 0 Å². The third-order valence-corrected chi connectivity index (χ3v) is 4.84. The smallest absolute Gasteiger partial charge is 0.230 e. The third-order valence-electron chi connectivity index (χ3n) is 4.84. The highest BCUT2D eigenvalue weighted by atomic mass is 19.1. The summed E-state index contributed by atoms with van der Waals surface area (Å²) in [5.74, 6) is -0.278. The molecule has 0 bridgehead atoms. The molecule has 1 amide bonds. The van der Waals surface area contributed by atoms with Gasteiger partial charge in [0.05, 0.1) is 12.0 Å². The summed E-state index contributed by atoms with van der Waals surface area (Å²) in [5, 5.41) is 7.14. The molecule has 0 aliphatic heterocycles. The number of hydrogen-bond acceptors (Lipinski definition) is 3. The van der Waals surface area contributed by atoms with E-state index < -0.39 is 5.41 Å². The Morgan fingerprint density at radius 2 is 1.92 bits per heavy atom. The second-order valence-electron chi connectivity index (χ2n) is 6.68. The molecule has 1 heterocycles. The van der Waals surface area contributed by atoms with Gasteiger partial charge in [-0.2, -0.15) is 5.10 Å². The standard InChI is InChI=1S/C20H19FN4O/c21-18-6-4-17(5-7-18)20(8-9-20)19(26)23-11-15-2-1-3-16(10-15)12-25-14-22-13-24-25/h1-7,10,13-14H,8-9,11-12H2,(H,23,26). The van der Waals surface area contributed by atoms with E-state index in [4.69, 9.17) is 0 Å². The Morgan fingerprint density at radius 1 is 1.15 bits per heavy atom. The molecule has 0 atom stereocenters. The largest absolute Gasteiger partial charge is 0.351 e. The summed E-state index contributed by atoms with van der Waals surface area (Å²) in [6.45, 7) is 1.11. The van der Waals surface area contributed by atoms with Crippen LogP contribution in [0.25, 0.3) is 0 Å². The predicted molar refractivity (Wildman–Crippen MR) is 94.7 cm³/mol. The molecule has 0 saturated heterocycles. The zero-order valence-corrected chi connectivity index (χ0v) is 14.2. The average Bonchev–Trinajstić information content (AvgIpc) is 3.31. The highest BCUT2D eigenvalue weighted by molar-refractivity contribution is 5.91. The lowest BCUT2D eigenvalue weighted by Crippen LogP contribution is -2.34. The van der Waals surface area contributed by atoms with E-state index in [1.54, 1.807) is 23.1 Å². The SMILES string of the molecule is O=C(NCc1cccc(Cn2cncn2)c1)C1(c2ccc(F)cc2)CC1. The monoisotopic (exact) mass is 350 g/mol. The zero-order valence-electron chi connectivity index (χ0n) is 14.2. The lowest BCUT2D eigenvalue weighted by atomic mass is 9.95. The van der Waals surface area contributed by atoms with Crippen molar-refractivity contribution in [2.24, 2.45) is 0 Å². The maximum atomic E-state index is 13.1. The molecule has 1 aromatic heterocycles. The fraction of sp³-hybridized carbons (Fsp3) is 0.250. The van der Waals surface area contributed by atoms with E-state index in [1.807, 2.05) is 18.2 Å². The maximum Gasteiger partial charge on any atom is 0.230 e. The number of benzene rings is 2. The van der Waals surface area contributed by atoms with E-state index in [-0.39, 0.29) is 11.7 Å².